The zero-order valence-corrected chi connectivity index (χ0v) is 20.8. The molecule has 0 aliphatic carbocycles. The van der Waals surface area contributed by atoms with Crippen LogP contribution in [0.3, 0.4) is 0 Å². The normalized spacial score (nSPS) is 15.6. The van der Waals surface area contributed by atoms with E-state index in [1.165, 1.54) is 10.4 Å². The molecule has 2 aromatic carbocycles. The number of nitrogens with zero attached hydrogens (tertiary/aromatic N) is 2. The Labute approximate surface area is 209 Å². The number of anilines is 2. The van der Waals surface area contributed by atoms with Gasteiger partial charge in [-0.3, -0.25) is 14.5 Å². The van der Waals surface area contributed by atoms with Gasteiger partial charge < -0.3 is 15.0 Å². The van der Waals surface area contributed by atoms with Gasteiger partial charge in [-0.05, 0) is 85.9 Å². The number of carbonyl (C=O) groups is 2. The molecule has 1 fully saturated rings. The second kappa shape index (κ2) is 10.8. The molecule has 0 spiro atoms. The summed E-state index contributed by atoms with van der Waals surface area (Å²) in [6, 6.07) is 18.0. The van der Waals surface area contributed by atoms with E-state index in [-0.39, 0.29) is 18.2 Å². The lowest BCUT2D eigenvalue weighted by atomic mass is 10.1. The molecule has 8 heteroatoms. The number of hydrogen-bond acceptors (Lipinski definition) is 5. The Morgan fingerprint density at radius 3 is 2.50 bits per heavy atom. The lowest BCUT2D eigenvalue weighted by Crippen LogP contribution is -2.39. The number of benzene rings is 2. The molecule has 3 aromatic rings. The zero-order valence-electron chi connectivity index (χ0n) is 19.2. The van der Waals surface area contributed by atoms with Crippen molar-refractivity contribution in [3.8, 4) is 5.75 Å². The first-order chi connectivity index (χ1) is 16.5. The Bertz CT molecular complexity index is 1160. The van der Waals surface area contributed by atoms with Crippen molar-refractivity contribution in [2.24, 2.45) is 0 Å². The number of rotatable bonds is 9. The molecule has 1 aromatic heterocycles. The van der Waals surface area contributed by atoms with E-state index < -0.39 is 6.04 Å². The van der Waals surface area contributed by atoms with E-state index in [0.29, 0.717) is 29.6 Å². The highest BCUT2D eigenvalue weighted by Gasteiger charge is 2.43. The molecule has 1 aliphatic heterocycles. The van der Waals surface area contributed by atoms with Crippen LogP contribution in [-0.2, 0) is 16.0 Å². The van der Waals surface area contributed by atoms with Gasteiger partial charge in [0.05, 0.1) is 18.7 Å². The lowest BCUT2D eigenvalue weighted by Gasteiger charge is -2.24. The molecule has 1 aliphatic rings. The minimum atomic E-state index is -0.657. The third kappa shape index (κ3) is 5.29. The fourth-order valence-electron chi connectivity index (χ4n) is 3.97. The molecule has 2 amide bonds. The first kappa shape index (κ1) is 23.9. The molecule has 0 unspecified atom stereocenters. The largest absolute Gasteiger partial charge is 0.494 e. The van der Waals surface area contributed by atoms with Crippen LogP contribution in [0, 0.1) is 6.92 Å². The Morgan fingerprint density at radius 1 is 1.12 bits per heavy atom. The average Bonchev–Trinajstić information content (AvgIpc) is 3.34. The van der Waals surface area contributed by atoms with Crippen LogP contribution in [-0.4, -0.2) is 41.0 Å². The Morgan fingerprint density at radius 2 is 1.85 bits per heavy atom. The number of carbonyl (C=O) groups excluding carboxylic acids is 2. The smallest absolute Gasteiger partial charge is 0.256 e. The number of thiophene rings is 1. The number of nitrogens with one attached hydrogen (secondary N) is 1. The monoisotopic (exact) mass is 493 g/mol. The van der Waals surface area contributed by atoms with Crippen molar-refractivity contribution < 1.29 is 14.3 Å². The Hall–Kier alpha value is -3.23. The third-order valence-corrected chi connectivity index (χ3v) is 7.21. The highest BCUT2D eigenvalue weighted by molar-refractivity contribution is 7.80. The third-order valence-electron chi connectivity index (χ3n) is 5.71. The first-order valence-corrected chi connectivity index (χ1v) is 12.5. The predicted octanol–water partition coefficient (Wildman–Crippen LogP) is 5.03. The van der Waals surface area contributed by atoms with Gasteiger partial charge in [0.2, 0.25) is 5.91 Å². The molecule has 176 valence electrons. The van der Waals surface area contributed by atoms with Crippen LogP contribution in [0.1, 0.15) is 23.8 Å². The summed E-state index contributed by atoms with van der Waals surface area (Å²) in [5.41, 5.74) is 2.59. The molecule has 34 heavy (non-hydrogen) atoms. The van der Waals surface area contributed by atoms with Crippen LogP contribution >= 0.6 is 23.6 Å². The summed E-state index contributed by atoms with van der Waals surface area (Å²) < 4.78 is 5.45. The highest BCUT2D eigenvalue weighted by atomic mass is 32.1. The molecule has 1 saturated heterocycles. The van der Waals surface area contributed by atoms with E-state index in [9.17, 15) is 9.59 Å². The summed E-state index contributed by atoms with van der Waals surface area (Å²) in [7, 11) is 0. The van der Waals surface area contributed by atoms with Crippen LogP contribution < -0.4 is 15.0 Å². The summed E-state index contributed by atoms with van der Waals surface area (Å²) in [4.78, 5) is 31.1. The number of para-hydroxylation sites is 1. The highest BCUT2D eigenvalue weighted by Crippen LogP contribution is 2.28. The van der Waals surface area contributed by atoms with Crippen LogP contribution in [0.5, 0.6) is 5.75 Å². The molecular formula is C26H27N3O3S2. The van der Waals surface area contributed by atoms with E-state index >= 15 is 0 Å². The van der Waals surface area contributed by atoms with E-state index in [0.717, 1.165) is 12.2 Å². The second-order valence-corrected chi connectivity index (χ2v) is 9.35. The molecule has 4 rings (SSSR count). The van der Waals surface area contributed by atoms with Gasteiger partial charge in [0.25, 0.3) is 5.91 Å². The average molecular weight is 494 g/mol. The van der Waals surface area contributed by atoms with Crippen LogP contribution in [0.2, 0.25) is 0 Å². The SMILES string of the molecule is CCOc1ccc(NC(=O)C[C@@H]2C(=O)N(c3ccccc3)C(=S)N2CCc2sccc2C)cc1. The van der Waals surface area contributed by atoms with Crippen molar-refractivity contribution >= 4 is 51.9 Å². The predicted molar refractivity (Wildman–Crippen MR) is 141 cm³/mol. The Balaban J connectivity index is 1.51. The van der Waals surface area contributed by atoms with Crippen LogP contribution in [0.4, 0.5) is 11.4 Å². The molecule has 1 N–H and O–H groups in total. The minimum absolute atomic E-state index is 0.0128. The maximum atomic E-state index is 13.5. The van der Waals surface area contributed by atoms with Gasteiger partial charge in [-0.1, -0.05) is 18.2 Å². The van der Waals surface area contributed by atoms with Crippen LogP contribution in [0.25, 0.3) is 0 Å². The topological polar surface area (TPSA) is 61.9 Å². The van der Waals surface area contributed by atoms with Crippen molar-refractivity contribution in [3.05, 3.63) is 76.5 Å². The van der Waals surface area contributed by atoms with E-state index in [1.807, 2.05) is 54.3 Å². The Kier molecular flexibility index (Phi) is 7.59. The molecule has 0 radical (unpaired) electrons. The van der Waals surface area contributed by atoms with Crippen molar-refractivity contribution in [3.63, 3.8) is 0 Å². The van der Waals surface area contributed by atoms with Gasteiger partial charge in [-0.25, -0.2) is 0 Å². The lowest BCUT2D eigenvalue weighted by molar-refractivity contribution is -0.124. The quantitative estimate of drug-likeness (QED) is 0.424. The van der Waals surface area contributed by atoms with Gasteiger partial charge >= 0.3 is 0 Å². The molecule has 0 bridgehead atoms. The summed E-state index contributed by atoms with van der Waals surface area (Å²) >= 11 is 7.43. The molecular weight excluding hydrogens is 466 g/mol. The number of amides is 2. The van der Waals surface area contributed by atoms with Crippen molar-refractivity contribution in [1.82, 2.24) is 4.90 Å². The van der Waals surface area contributed by atoms with Crippen molar-refractivity contribution in [1.29, 1.82) is 0 Å². The standard InChI is InChI=1S/C26H27N3O3S2/c1-3-32-21-11-9-19(10-12-21)27-24(30)17-22-25(31)29(20-7-5-4-6-8-20)26(33)28(22)15-13-23-18(2)14-16-34-23/h4-12,14,16,22H,3,13,15,17H2,1-2H3,(H,27,30)/t22-/m1/s1. The number of aryl methyl sites for hydroxylation is 1. The van der Waals surface area contributed by atoms with Crippen LogP contribution in [0.15, 0.2) is 66.0 Å². The van der Waals surface area contributed by atoms with E-state index in [2.05, 4.69) is 23.7 Å². The maximum Gasteiger partial charge on any atom is 0.256 e. The summed E-state index contributed by atoms with van der Waals surface area (Å²) in [5.74, 6) is 0.323. The molecule has 2 heterocycles. The van der Waals surface area contributed by atoms with Gasteiger partial charge in [0.15, 0.2) is 5.11 Å². The van der Waals surface area contributed by atoms with E-state index in [4.69, 9.17) is 17.0 Å². The minimum Gasteiger partial charge on any atom is -0.494 e. The zero-order chi connectivity index (χ0) is 24.1. The van der Waals surface area contributed by atoms with Crippen molar-refractivity contribution in [2.75, 3.05) is 23.4 Å². The van der Waals surface area contributed by atoms with Crippen molar-refractivity contribution in [2.45, 2.75) is 32.7 Å². The molecule has 0 saturated carbocycles. The van der Waals surface area contributed by atoms with E-state index in [1.54, 1.807) is 28.4 Å². The maximum absolute atomic E-state index is 13.5. The second-order valence-electron chi connectivity index (χ2n) is 7.99. The number of thiocarbonyl (C=S) groups is 1. The van der Waals surface area contributed by atoms with Gasteiger partial charge in [0.1, 0.15) is 11.8 Å². The summed E-state index contributed by atoms with van der Waals surface area (Å²) in [5, 5.41) is 5.39. The summed E-state index contributed by atoms with van der Waals surface area (Å²) in [6.45, 7) is 5.14. The van der Waals surface area contributed by atoms with Gasteiger partial charge in [-0.2, -0.15) is 0 Å². The number of hydrogen-bond donors (Lipinski definition) is 1. The fraction of sp³-hybridized carbons (Fsp3) is 0.269. The number of ether oxygens (including phenoxy) is 1. The van der Waals surface area contributed by atoms with Gasteiger partial charge in [0, 0.05) is 17.1 Å². The molecule has 6 nitrogen and oxygen atoms in total. The first-order valence-electron chi connectivity index (χ1n) is 11.2. The van der Waals surface area contributed by atoms with Gasteiger partial charge in [-0.15, -0.1) is 11.3 Å². The molecule has 1 atom stereocenters. The fourth-order valence-corrected chi connectivity index (χ4v) is 5.29. The summed E-state index contributed by atoms with van der Waals surface area (Å²) in [6.07, 6.45) is 0.773.